The van der Waals surface area contributed by atoms with E-state index in [2.05, 4.69) is 5.32 Å². The van der Waals surface area contributed by atoms with Gasteiger partial charge in [0.1, 0.15) is 6.04 Å². The summed E-state index contributed by atoms with van der Waals surface area (Å²) in [6, 6.07) is -0.769. The maximum atomic E-state index is 11.9. The highest BCUT2D eigenvalue weighted by Gasteiger charge is 2.25. The maximum Gasteiger partial charge on any atom is 0.326 e. The Morgan fingerprint density at radius 2 is 1.71 bits per heavy atom. The lowest BCUT2D eigenvalue weighted by Gasteiger charge is -2.22. The van der Waals surface area contributed by atoms with E-state index in [1.54, 1.807) is 0 Å². The second kappa shape index (κ2) is 7.30. The van der Waals surface area contributed by atoms with E-state index in [0.717, 1.165) is 6.42 Å². The van der Waals surface area contributed by atoms with Crippen LogP contribution < -0.4 is 5.32 Å². The van der Waals surface area contributed by atoms with Gasteiger partial charge < -0.3 is 10.4 Å². The van der Waals surface area contributed by atoms with Crippen LogP contribution in [-0.2, 0) is 9.59 Å². The zero-order valence-electron chi connectivity index (χ0n) is 11.5. The predicted octanol–water partition coefficient (Wildman–Crippen LogP) is 2.28. The first-order chi connectivity index (χ1) is 7.79. The van der Waals surface area contributed by atoms with Crippen molar-refractivity contribution in [3.05, 3.63) is 0 Å². The number of rotatable bonds is 7. The molecule has 100 valence electrons. The first-order valence-corrected chi connectivity index (χ1v) is 6.32. The maximum absolute atomic E-state index is 11.9. The number of hydrogen-bond donors (Lipinski definition) is 2. The van der Waals surface area contributed by atoms with Gasteiger partial charge in [-0.25, -0.2) is 4.79 Å². The molecule has 3 atom stereocenters. The van der Waals surface area contributed by atoms with Crippen molar-refractivity contribution in [1.29, 1.82) is 0 Å². The minimum absolute atomic E-state index is 0.144. The Bertz CT molecular complexity index is 263. The number of hydrogen-bond acceptors (Lipinski definition) is 2. The molecule has 1 amide bonds. The fourth-order valence-corrected chi connectivity index (χ4v) is 1.61. The van der Waals surface area contributed by atoms with Gasteiger partial charge >= 0.3 is 5.97 Å². The van der Waals surface area contributed by atoms with Crippen molar-refractivity contribution in [1.82, 2.24) is 5.32 Å². The summed E-state index contributed by atoms with van der Waals surface area (Å²) in [5.41, 5.74) is 0. The summed E-state index contributed by atoms with van der Waals surface area (Å²) in [5, 5.41) is 11.7. The molecule has 2 N–H and O–H groups in total. The highest BCUT2D eigenvalue weighted by Crippen LogP contribution is 2.15. The minimum Gasteiger partial charge on any atom is -0.480 e. The summed E-state index contributed by atoms with van der Waals surface area (Å²) in [4.78, 5) is 22.9. The van der Waals surface area contributed by atoms with Crippen molar-refractivity contribution in [2.24, 2.45) is 17.8 Å². The molecule has 0 aromatic heterocycles. The minimum atomic E-state index is -0.955. The fourth-order valence-electron chi connectivity index (χ4n) is 1.61. The van der Waals surface area contributed by atoms with Crippen LogP contribution in [0.2, 0.25) is 0 Å². The Morgan fingerprint density at radius 3 is 2.06 bits per heavy atom. The summed E-state index contributed by atoms with van der Waals surface area (Å²) < 4.78 is 0. The summed E-state index contributed by atoms with van der Waals surface area (Å²) in [6.45, 7) is 9.76. The van der Waals surface area contributed by atoms with Gasteiger partial charge in [-0.15, -0.1) is 0 Å². The molecule has 0 saturated carbocycles. The van der Waals surface area contributed by atoms with Crippen LogP contribution in [-0.4, -0.2) is 23.0 Å². The van der Waals surface area contributed by atoms with Crippen LogP contribution >= 0.6 is 0 Å². The SMILES string of the molecule is CCC(C)[C@H](C)C(=O)N[C@@H](CC(C)C)C(=O)O. The van der Waals surface area contributed by atoms with E-state index >= 15 is 0 Å². The van der Waals surface area contributed by atoms with Crippen molar-refractivity contribution < 1.29 is 14.7 Å². The second-order valence-corrected chi connectivity index (χ2v) is 5.20. The third-order valence-electron chi connectivity index (χ3n) is 3.23. The Morgan fingerprint density at radius 1 is 1.18 bits per heavy atom. The summed E-state index contributed by atoms with van der Waals surface area (Å²) in [5.74, 6) is -0.747. The third-order valence-corrected chi connectivity index (χ3v) is 3.23. The standard InChI is InChI=1S/C13H25NO3/c1-6-9(4)10(5)12(15)14-11(13(16)17)7-8(2)3/h8-11H,6-7H2,1-5H3,(H,14,15)(H,16,17)/t9?,10-,11-/m0/s1. The number of nitrogens with one attached hydrogen (secondary N) is 1. The fraction of sp³-hybridized carbons (Fsp3) is 0.846. The highest BCUT2D eigenvalue weighted by atomic mass is 16.4. The smallest absolute Gasteiger partial charge is 0.326 e. The van der Waals surface area contributed by atoms with Crippen molar-refractivity contribution >= 4 is 11.9 Å². The third kappa shape index (κ3) is 5.71. The molecule has 17 heavy (non-hydrogen) atoms. The van der Waals surface area contributed by atoms with E-state index in [4.69, 9.17) is 5.11 Å². The van der Waals surface area contributed by atoms with Crippen LogP contribution in [0, 0.1) is 17.8 Å². The molecular formula is C13H25NO3. The quantitative estimate of drug-likeness (QED) is 0.721. The normalized spacial score (nSPS) is 16.4. The monoisotopic (exact) mass is 243 g/mol. The Kier molecular flexibility index (Phi) is 6.85. The van der Waals surface area contributed by atoms with E-state index in [1.165, 1.54) is 0 Å². The number of carboxylic acids is 1. The Labute approximate surface area is 104 Å². The molecule has 4 nitrogen and oxygen atoms in total. The number of aliphatic carboxylic acids is 1. The van der Waals surface area contributed by atoms with Crippen molar-refractivity contribution in [3.8, 4) is 0 Å². The van der Waals surface area contributed by atoms with Gasteiger partial charge in [-0.05, 0) is 18.3 Å². The van der Waals surface area contributed by atoms with Crippen molar-refractivity contribution in [3.63, 3.8) is 0 Å². The molecule has 0 aliphatic carbocycles. The van der Waals surface area contributed by atoms with Crippen LogP contribution in [0.3, 0.4) is 0 Å². The van der Waals surface area contributed by atoms with Crippen LogP contribution in [0.1, 0.15) is 47.5 Å². The van der Waals surface area contributed by atoms with E-state index in [1.807, 2.05) is 34.6 Å². The van der Waals surface area contributed by atoms with E-state index in [0.29, 0.717) is 6.42 Å². The predicted molar refractivity (Wildman–Crippen MR) is 67.6 cm³/mol. The number of carbonyl (C=O) groups excluding carboxylic acids is 1. The molecule has 0 aromatic rings. The Hall–Kier alpha value is -1.06. The van der Waals surface area contributed by atoms with Gasteiger partial charge in [0.15, 0.2) is 0 Å². The molecule has 0 aromatic carbocycles. The van der Waals surface area contributed by atoms with Crippen LogP contribution in [0.4, 0.5) is 0 Å². The van der Waals surface area contributed by atoms with Crippen molar-refractivity contribution in [2.45, 2.75) is 53.5 Å². The molecule has 0 fully saturated rings. The van der Waals surface area contributed by atoms with Gasteiger partial charge in [-0.1, -0.05) is 41.0 Å². The summed E-state index contributed by atoms with van der Waals surface area (Å²) in [6.07, 6.45) is 1.38. The van der Waals surface area contributed by atoms with Gasteiger partial charge in [0.25, 0.3) is 0 Å². The van der Waals surface area contributed by atoms with Gasteiger partial charge in [0, 0.05) is 5.92 Å². The largest absolute Gasteiger partial charge is 0.480 e. The van der Waals surface area contributed by atoms with Gasteiger partial charge in [0.05, 0.1) is 0 Å². The number of amides is 1. The second-order valence-electron chi connectivity index (χ2n) is 5.20. The molecule has 4 heteroatoms. The summed E-state index contributed by atoms with van der Waals surface area (Å²) >= 11 is 0. The van der Waals surface area contributed by atoms with Gasteiger partial charge in [-0.2, -0.15) is 0 Å². The van der Waals surface area contributed by atoms with E-state index in [-0.39, 0.29) is 23.7 Å². The molecule has 0 spiro atoms. The first-order valence-electron chi connectivity index (χ1n) is 6.32. The van der Waals surface area contributed by atoms with Gasteiger partial charge in [0.2, 0.25) is 5.91 Å². The molecule has 0 heterocycles. The molecule has 0 saturated heterocycles. The number of carbonyl (C=O) groups is 2. The topological polar surface area (TPSA) is 66.4 Å². The average Bonchev–Trinajstić information content (AvgIpc) is 2.25. The van der Waals surface area contributed by atoms with E-state index in [9.17, 15) is 9.59 Å². The highest BCUT2D eigenvalue weighted by molar-refractivity contribution is 5.84. The first kappa shape index (κ1) is 15.9. The summed E-state index contributed by atoms with van der Waals surface area (Å²) in [7, 11) is 0. The van der Waals surface area contributed by atoms with Crippen LogP contribution in [0.15, 0.2) is 0 Å². The van der Waals surface area contributed by atoms with E-state index < -0.39 is 12.0 Å². The molecule has 0 aliphatic rings. The molecular weight excluding hydrogens is 218 g/mol. The lowest BCUT2D eigenvalue weighted by atomic mass is 9.92. The molecule has 0 rings (SSSR count). The molecule has 1 unspecified atom stereocenters. The lowest BCUT2D eigenvalue weighted by molar-refractivity contribution is -0.143. The molecule has 0 aliphatic heterocycles. The van der Waals surface area contributed by atoms with Gasteiger partial charge in [-0.3, -0.25) is 4.79 Å². The molecule has 0 bridgehead atoms. The number of carboxylic acid groups (broad SMARTS) is 1. The molecule has 0 radical (unpaired) electrons. The van der Waals surface area contributed by atoms with Crippen LogP contribution in [0.25, 0.3) is 0 Å². The van der Waals surface area contributed by atoms with Crippen LogP contribution in [0.5, 0.6) is 0 Å². The zero-order valence-corrected chi connectivity index (χ0v) is 11.5. The Balaban J connectivity index is 4.45. The van der Waals surface area contributed by atoms with Crippen molar-refractivity contribution in [2.75, 3.05) is 0 Å². The lowest BCUT2D eigenvalue weighted by Crippen LogP contribution is -2.44. The average molecular weight is 243 g/mol. The zero-order chi connectivity index (χ0) is 13.6.